The molecule has 0 bridgehead atoms. The summed E-state index contributed by atoms with van der Waals surface area (Å²) < 4.78 is 26.2. The van der Waals surface area contributed by atoms with Gasteiger partial charge in [0.2, 0.25) is 11.8 Å². The van der Waals surface area contributed by atoms with E-state index in [0.717, 1.165) is 0 Å². The molecule has 13 nitrogen and oxygen atoms in total. The van der Waals surface area contributed by atoms with Crippen LogP contribution in [0.2, 0.25) is 5.02 Å². The van der Waals surface area contributed by atoms with Crippen molar-refractivity contribution >= 4 is 45.4 Å². The van der Waals surface area contributed by atoms with Crippen molar-refractivity contribution in [1.82, 2.24) is 34.3 Å². The van der Waals surface area contributed by atoms with E-state index in [1.165, 1.54) is 21.4 Å². The van der Waals surface area contributed by atoms with E-state index in [2.05, 4.69) is 25.7 Å². The lowest BCUT2D eigenvalue weighted by molar-refractivity contribution is -0.132. The van der Waals surface area contributed by atoms with Gasteiger partial charge in [-0.2, -0.15) is 17.4 Å². The molecule has 0 spiro atoms. The Kier molecular flexibility index (Phi) is 8.23. The number of aromatic nitrogens is 4. The average molecular weight is 586 g/mol. The van der Waals surface area contributed by atoms with Crippen molar-refractivity contribution in [3.8, 4) is 5.69 Å². The number of carbonyl (C=O) groups is 2. The molecule has 3 heterocycles. The van der Waals surface area contributed by atoms with Crippen LogP contribution in [0.15, 0.2) is 60.9 Å². The number of hydrogen-bond acceptors (Lipinski definition) is 8. The van der Waals surface area contributed by atoms with Crippen LogP contribution >= 0.6 is 11.6 Å². The van der Waals surface area contributed by atoms with Gasteiger partial charge in [-0.25, -0.2) is 5.14 Å². The summed E-state index contributed by atoms with van der Waals surface area (Å²) in [7, 11) is -3.77. The topological polar surface area (TPSA) is 160 Å². The molecule has 1 unspecified atom stereocenters. The summed E-state index contributed by atoms with van der Waals surface area (Å²) in [6.07, 6.45) is 4.87. The van der Waals surface area contributed by atoms with E-state index >= 15 is 0 Å². The van der Waals surface area contributed by atoms with Gasteiger partial charge >= 0.3 is 0 Å². The maximum Gasteiger partial charge on any atom is 0.276 e. The Balaban J connectivity index is 1.36. The van der Waals surface area contributed by atoms with Crippen LogP contribution in [0, 0.1) is 0 Å². The summed E-state index contributed by atoms with van der Waals surface area (Å²) >= 11 is 6.21. The monoisotopic (exact) mass is 585 g/mol. The molecule has 2 amide bonds. The number of halogens is 1. The molecule has 2 atom stereocenters. The Morgan fingerprint density at radius 2 is 1.82 bits per heavy atom. The quantitative estimate of drug-likeness (QED) is 0.384. The minimum Gasteiger partial charge on any atom is -0.325 e. The van der Waals surface area contributed by atoms with Crippen LogP contribution in [0.4, 0.5) is 5.69 Å². The molecule has 3 N–H and O–H groups in total. The third-order valence-corrected chi connectivity index (χ3v) is 8.37. The predicted octanol–water partition coefficient (Wildman–Crippen LogP) is 0.758. The number of hydrogen-bond donors (Lipinski definition) is 2. The first-order chi connectivity index (χ1) is 19.2. The number of piperazine rings is 1. The minimum atomic E-state index is -3.77. The van der Waals surface area contributed by atoms with E-state index in [1.807, 2.05) is 18.2 Å². The van der Waals surface area contributed by atoms with Crippen LogP contribution in [0.1, 0.15) is 12.0 Å². The summed E-state index contributed by atoms with van der Waals surface area (Å²) in [6.45, 7) is 1.70. The minimum absolute atomic E-state index is 0.130. The maximum atomic E-state index is 13.5. The summed E-state index contributed by atoms with van der Waals surface area (Å²) in [5.41, 5.74) is 1.88. The standard InChI is InChI=1S/C25H28ClN9O4S/c26-19-7-8-22(35-17-28-30-31-35)18(14-19)6-9-24(36)34-16-21(32-10-12-33(13-11-32)40(27,38)39)15-23(34)25(37)29-20-4-2-1-3-5-20/h1-9,14,17,21,23H,10-13,15-16H2,(H,29,37)(H2,27,38,39)/b9-6+/t21-,23?/m0/s1. The summed E-state index contributed by atoms with van der Waals surface area (Å²) in [5.74, 6) is -0.641. The van der Waals surface area contributed by atoms with Crippen LogP contribution in [0.3, 0.4) is 0 Å². The molecule has 2 saturated heterocycles. The lowest BCUT2D eigenvalue weighted by atomic mass is 10.1. The average Bonchev–Trinajstić information content (AvgIpc) is 3.63. The molecule has 210 valence electrons. The van der Waals surface area contributed by atoms with Gasteiger partial charge < -0.3 is 10.2 Å². The largest absolute Gasteiger partial charge is 0.325 e. The van der Waals surface area contributed by atoms with E-state index < -0.39 is 16.3 Å². The maximum absolute atomic E-state index is 13.5. The third kappa shape index (κ3) is 6.37. The van der Waals surface area contributed by atoms with Gasteiger partial charge in [0.15, 0.2) is 0 Å². The van der Waals surface area contributed by atoms with Gasteiger partial charge in [-0.05, 0) is 53.3 Å². The van der Waals surface area contributed by atoms with Gasteiger partial charge in [0.1, 0.15) is 12.4 Å². The second kappa shape index (κ2) is 11.8. The molecule has 2 aliphatic rings. The van der Waals surface area contributed by atoms with Crippen molar-refractivity contribution in [1.29, 1.82) is 0 Å². The summed E-state index contributed by atoms with van der Waals surface area (Å²) in [5, 5.41) is 19.9. The zero-order valence-corrected chi connectivity index (χ0v) is 22.9. The first-order valence-corrected chi connectivity index (χ1v) is 14.5. The first-order valence-electron chi connectivity index (χ1n) is 12.6. The number of benzene rings is 2. The Labute approximate surface area is 236 Å². The Morgan fingerprint density at radius 1 is 1.07 bits per heavy atom. The molecule has 2 aliphatic heterocycles. The number of amides is 2. The fraction of sp³-hybridized carbons (Fsp3) is 0.320. The third-order valence-electron chi connectivity index (χ3n) is 7.05. The molecular weight excluding hydrogens is 558 g/mol. The fourth-order valence-corrected chi connectivity index (χ4v) is 5.89. The van der Waals surface area contributed by atoms with Gasteiger partial charge in [-0.1, -0.05) is 29.8 Å². The second-order valence-electron chi connectivity index (χ2n) is 9.52. The van der Waals surface area contributed by atoms with Crippen molar-refractivity contribution in [3.63, 3.8) is 0 Å². The molecule has 1 aromatic heterocycles. The van der Waals surface area contributed by atoms with Gasteiger partial charge in [0.05, 0.1) is 5.69 Å². The summed E-state index contributed by atoms with van der Waals surface area (Å²) in [4.78, 5) is 30.6. The van der Waals surface area contributed by atoms with E-state index in [1.54, 1.807) is 41.3 Å². The van der Waals surface area contributed by atoms with Crippen LogP contribution in [-0.2, 0) is 19.8 Å². The molecule has 40 heavy (non-hydrogen) atoms. The van der Waals surface area contributed by atoms with Crippen molar-refractivity contribution in [2.45, 2.75) is 18.5 Å². The lowest BCUT2D eigenvalue weighted by Gasteiger charge is -2.36. The Bertz CT molecular complexity index is 1490. The predicted molar refractivity (Wildman–Crippen MR) is 148 cm³/mol. The number of rotatable bonds is 7. The van der Waals surface area contributed by atoms with Crippen LogP contribution in [0.5, 0.6) is 0 Å². The van der Waals surface area contributed by atoms with Crippen LogP contribution in [-0.4, -0.2) is 99.4 Å². The van der Waals surface area contributed by atoms with Gasteiger partial charge in [0, 0.05) is 61.1 Å². The molecular formula is C25H28ClN9O4S. The Hall–Kier alpha value is -3.69. The number of carbonyl (C=O) groups excluding carboxylic acids is 2. The van der Waals surface area contributed by atoms with E-state index in [-0.39, 0.29) is 30.9 Å². The van der Waals surface area contributed by atoms with Gasteiger partial charge in [-0.3, -0.25) is 14.5 Å². The van der Waals surface area contributed by atoms with E-state index in [0.29, 0.717) is 48.0 Å². The number of nitrogens with zero attached hydrogens (tertiary/aromatic N) is 7. The summed E-state index contributed by atoms with van der Waals surface area (Å²) in [6, 6.07) is 13.3. The highest BCUT2D eigenvalue weighted by molar-refractivity contribution is 7.86. The number of anilines is 1. The molecule has 2 fully saturated rings. The van der Waals surface area contributed by atoms with Crippen molar-refractivity contribution in [2.24, 2.45) is 5.14 Å². The molecule has 3 aromatic rings. The SMILES string of the molecule is NS(=O)(=O)N1CCN([C@H]2CC(C(=O)Nc3ccccc3)N(C(=O)/C=C/c3cc(Cl)ccc3-n3cnnn3)C2)CC1. The van der Waals surface area contributed by atoms with Crippen molar-refractivity contribution < 1.29 is 18.0 Å². The zero-order chi connectivity index (χ0) is 28.3. The van der Waals surface area contributed by atoms with Crippen LogP contribution < -0.4 is 10.5 Å². The number of nitrogens with one attached hydrogen (secondary N) is 1. The smallest absolute Gasteiger partial charge is 0.276 e. The highest BCUT2D eigenvalue weighted by atomic mass is 35.5. The highest BCUT2D eigenvalue weighted by Gasteiger charge is 2.42. The normalized spacial score (nSPS) is 20.7. The second-order valence-corrected chi connectivity index (χ2v) is 11.5. The first kappa shape index (κ1) is 27.9. The van der Waals surface area contributed by atoms with Crippen LogP contribution in [0.25, 0.3) is 11.8 Å². The number of nitrogens with two attached hydrogens (primary N) is 1. The number of likely N-dealkylation sites (tertiary alicyclic amines) is 1. The number of para-hydroxylation sites is 1. The molecule has 5 rings (SSSR count). The van der Waals surface area contributed by atoms with Gasteiger partial charge in [0.25, 0.3) is 10.2 Å². The lowest BCUT2D eigenvalue weighted by Crippen LogP contribution is -2.53. The van der Waals surface area contributed by atoms with E-state index in [9.17, 15) is 18.0 Å². The molecule has 0 radical (unpaired) electrons. The fourth-order valence-electron chi connectivity index (χ4n) is 5.04. The highest BCUT2D eigenvalue weighted by Crippen LogP contribution is 2.26. The molecule has 0 aliphatic carbocycles. The molecule has 15 heteroatoms. The van der Waals surface area contributed by atoms with Crippen molar-refractivity contribution in [3.05, 3.63) is 71.5 Å². The zero-order valence-electron chi connectivity index (χ0n) is 21.4. The van der Waals surface area contributed by atoms with Crippen molar-refractivity contribution in [2.75, 3.05) is 38.0 Å². The Morgan fingerprint density at radius 3 is 2.50 bits per heavy atom. The van der Waals surface area contributed by atoms with Gasteiger partial charge in [-0.15, -0.1) is 5.10 Å². The molecule has 0 saturated carbocycles. The number of tetrazole rings is 1. The van der Waals surface area contributed by atoms with E-state index in [4.69, 9.17) is 16.7 Å². The molecule has 2 aromatic carbocycles.